The summed E-state index contributed by atoms with van der Waals surface area (Å²) >= 11 is 0. The normalized spacial score (nSPS) is 14.9. The van der Waals surface area contributed by atoms with Crippen LogP contribution in [0.2, 0.25) is 0 Å². The first-order valence-corrected chi connectivity index (χ1v) is 3.41. The van der Waals surface area contributed by atoms with E-state index in [-0.39, 0.29) is 0 Å². The molecule has 12 heavy (non-hydrogen) atoms. The molecule has 0 aromatic heterocycles. The Labute approximate surface area is 69.3 Å². The first kappa shape index (κ1) is 10.9. The minimum Gasteiger partial charge on any atom is -0.256 e. The molecule has 4 heteroatoms. The lowest BCUT2D eigenvalue weighted by molar-refractivity contribution is -0.0922. The van der Waals surface area contributed by atoms with Crippen LogP contribution >= 0.6 is 0 Å². The molecule has 0 aromatic rings. The third-order valence-corrected chi connectivity index (χ3v) is 1.01. The van der Waals surface area contributed by atoms with Gasteiger partial charge in [0.2, 0.25) is 0 Å². The van der Waals surface area contributed by atoms with E-state index < -0.39 is 11.9 Å². The standard InChI is InChI=1S/C8H10F3N/c1-3-5-6-7(12-4-2)8(9,10)11/h3-6H,1-2H3/b5-3+,7-6-,12-4?. The average molecular weight is 177 g/mol. The maximum absolute atomic E-state index is 12.0. The number of allylic oxidation sites excluding steroid dienone is 4. The molecule has 0 saturated heterocycles. The van der Waals surface area contributed by atoms with Gasteiger partial charge in [-0.05, 0) is 19.9 Å². The summed E-state index contributed by atoms with van der Waals surface area (Å²) in [5.41, 5.74) is -0.886. The lowest BCUT2D eigenvalue weighted by atomic mass is 10.3. The molecule has 0 aliphatic heterocycles. The number of aliphatic imine (C=N–C) groups is 1. The second kappa shape index (κ2) is 4.74. The van der Waals surface area contributed by atoms with Gasteiger partial charge in [-0.15, -0.1) is 0 Å². The van der Waals surface area contributed by atoms with Gasteiger partial charge in [-0.3, -0.25) is 4.99 Å². The van der Waals surface area contributed by atoms with Gasteiger partial charge in [0, 0.05) is 6.21 Å². The smallest absolute Gasteiger partial charge is 0.256 e. The van der Waals surface area contributed by atoms with Gasteiger partial charge in [0.1, 0.15) is 5.70 Å². The van der Waals surface area contributed by atoms with Gasteiger partial charge in [-0.2, -0.15) is 13.2 Å². The lowest BCUT2D eigenvalue weighted by Crippen LogP contribution is -2.09. The van der Waals surface area contributed by atoms with Crippen LogP contribution < -0.4 is 0 Å². The Hall–Kier alpha value is -1.06. The van der Waals surface area contributed by atoms with Crippen LogP contribution in [0.25, 0.3) is 0 Å². The summed E-state index contributed by atoms with van der Waals surface area (Å²) in [6.07, 6.45) is 0.488. The van der Waals surface area contributed by atoms with Gasteiger partial charge >= 0.3 is 6.18 Å². The zero-order chi connectivity index (χ0) is 9.61. The molecule has 0 fully saturated rings. The van der Waals surface area contributed by atoms with Crippen molar-refractivity contribution in [1.82, 2.24) is 0 Å². The molecular formula is C8H10F3N. The van der Waals surface area contributed by atoms with Gasteiger partial charge < -0.3 is 0 Å². The van der Waals surface area contributed by atoms with Crippen molar-refractivity contribution in [2.45, 2.75) is 20.0 Å². The number of hydrogen-bond acceptors (Lipinski definition) is 1. The van der Waals surface area contributed by atoms with E-state index in [1.165, 1.54) is 19.1 Å². The largest absolute Gasteiger partial charge is 0.433 e. The summed E-state index contributed by atoms with van der Waals surface area (Å²) < 4.78 is 36.0. The summed E-state index contributed by atoms with van der Waals surface area (Å²) in [6.45, 7) is 3.08. The Morgan fingerprint density at radius 1 is 1.25 bits per heavy atom. The Morgan fingerprint density at radius 3 is 2.17 bits per heavy atom. The monoisotopic (exact) mass is 177 g/mol. The van der Waals surface area contributed by atoms with Gasteiger partial charge in [0.05, 0.1) is 0 Å². The van der Waals surface area contributed by atoms with E-state index in [1.807, 2.05) is 0 Å². The van der Waals surface area contributed by atoms with Crippen LogP contribution in [0, 0.1) is 0 Å². The van der Waals surface area contributed by atoms with Crippen LogP contribution in [-0.2, 0) is 0 Å². The molecular weight excluding hydrogens is 167 g/mol. The van der Waals surface area contributed by atoms with Crippen molar-refractivity contribution in [1.29, 1.82) is 0 Å². The van der Waals surface area contributed by atoms with E-state index in [1.54, 1.807) is 6.92 Å². The van der Waals surface area contributed by atoms with E-state index in [2.05, 4.69) is 4.99 Å². The summed E-state index contributed by atoms with van der Waals surface area (Å²) in [5, 5.41) is 0. The van der Waals surface area contributed by atoms with Crippen LogP contribution in [0.5, 0.6) is 0 Å². The van der Waals surface area contributed by atoms with Crippen LogP contribution in [-0.4, -0.2) is 12.4 Å². The maximum Gasteiger partial charge on any atom is 0.433 e. The predicted octanol–water partition coefficient (Wildman–Crippen LogP) is 3.10. The van der Waals surface area contributed by atoms with E-state index in [0.29, 0.717) is 0 Å². The van der Waals surface area contributed by atoms with Crippen molar-refractivity contribution in [3.63, 3.8) is 0 Å². The average Bonchev–Trinajstić information content (AvgIpc) is 1.95. The van der Waals surface area contributed by atoms with Crippen molar-refractivity contribution in [2.24, 2.45) is 4.99 Å². The molecule has 0 heterocycles. The van der Waals surface area contributed by atoms with Crippen molar-refractivity contribution < 1.29 is 13.2 Å². The molecule has 68 valence electrons. The number of alkyl halides is 3. The van der Waals surface area contributed by atoms with Crippen molar-refractivity contribution in [3.05, 3.63) is 23.9 Å². The Bertz CT molecular complexity index is 211. The topological polar surface area (TPSA) is 12.4 Å². The fourth-order valence-corrected chi connectivity index (χ4v) is 0.537. The molecule has 1 nitrogen and oxygen atoms in total. The zero-order valence-electron chi connectivity index (χ0n) is 6.89. The number of rotatable bonds is 2. The van der Waals surface area contributed by atoms with Crippen LogP contribution in [0.1, 0.15) is 13.8 Å². The molecule has 0 unspecified atom stereocenters. The predicted molar refractivity (Wildman–Crippen MR) is 43.1 cm³/mol. The molecule has 0 bridgehead atoms. The van der Waals surface area contributed by atoms with Crippen molar-refractivity contribution >= 4 is 6.21 Å². The molecule has 0 saturated carbocycles. The third kappa shape index (κ3) is 3.95. The minimum atomic E-state index is -4.37. The van der Waals surface area contributed by atoms with Gasteiger partial charge in [-0.1, -0.05) is 12.2 Å². The highest BCUT2D eigenvalue weighted by Gasteiger charge is 2.32. The number of hydrogen-bond donors (Lipinski definition) is 0. The lowest BCUT2D eigenvalue weighted by Gasteiger charge is -2.04. The molecule has 0 aromatic carbocycles. The summed E-state index contributed by atoms with van der Waals surface area (Å²) in [4.78, 5) is 3.19. The third-order valence-electron chi connectivity index (χ3n) is 1.01. The number of nitrogens with zero attached hydrogens (tertiary/aromatic N) is 1. The van der Waals surface area contributed by atoms with Gasteiger partial charge in [0.15, 0.2) is 0 Å². The van der Waals surface area contributed by atoms with Crippen molar-refractivity contribution in [2.75, 3.05) is 0 Å². The Morgan fingerprint density at radius 2 is 1.83 bits per heavy atom. The number of halogens is 3. The van der Waals surface area contributed by atoms with Crippen LogP contribution in [0.4, 0.5) is 13.2 Å². The van der Waals surface area contributed by atoms with Gasteiger partial charge in [0.25, 0.3) is 0 Å². The first-order chi connectivity index (χ1) is 5.52. The fraction of sp³-hybridized carbons (Fsp3) is 0.375. The molecule has 0 radical (unpaired) electrons. The zero-order valence-corrected chi connectivity index (χ0v) is 6.89. The molecule has 0 spiro atoms. The second-order valence-electron chi connectivity index (χ2n) is 1.96. The highest BCUT2D eigenvalue weighted by Crippen LogP contribution is 2.26. The molecule has 0 aliphatic rings. The quantitative estimate of drug-likeness (QED) is 0.454. The summed E-state index contributed by atoms with van der Waals surface area (Å²) in [7, 11) is 0. The SMILES string of the molecule is CC=N/C(=C\C=C\C)C(F)(F)F. The van der Waals surface area contributed by atoms with E-state index in [0.717, 1.165) is 12.3 Å². The van der Waals surface area contributed by atoms with Crippen LogP contribution in [0.3, 0.4) is 0 Å². The van der Waals surface area contributed by atoms with Gasteiger partial charge in [-0.25, -0.2) is 0 Å². The second-order valence-corrected chi connectivity index (χ2v) is 1.96. The van der Waals surface area contributed by atoms with E-state index >= 15 is 0 Å². The highest BCUT2D eigenvalue weighted by atomic mass is 19.4. The fourth-order valence-electron chi connectivity index (χ4n) is 0.537. The summed E-state index contributed by atoms with van der Waals surface area (Å²) in [5.74, 6) is 0. The molecule has 0 atom stereocenters. The van der Waals surface area contributed by atoms with E-state index in [4.69, 9.17) is 0 Å². The molecule has 0 rings (SSSR count). The Kier molecular flexibility index (Phi) is 4.33. The van der Waals surface area contributed by atoms with Crippen LogP contribution in [0.15, 0.2) is 28.9 Å². The highest BCUT2D eigenvalue weighted by molar-refractivity contribution is 5.55. The van der Waals surface area contributed by atoms with E-state index in [9.17, 15) is 13.2 Å². The maximum atomic E-state index is 12.0. The molecule has 0 aliphatic carbocycles. The first-order valence-electron chi connectivity index (χ1n) is 3.41. The van der Waals surface area contributed by atoms with Crippen molar-refractivity contribution in [3.8, 4) is 0 Å². The Balaban J connectivity index is 4.67. The molecule has 0 N–H and O–H groups in total. The molecule has 0 amide bonds. The summed E-state index contributed by atoms with van der Waals surface area (Å²) in [6, 6.07) is 0. The minimum absolute atomic E-state index is 0.886.